The standard InChI is InChI=1S/C13H23N3/c1-16-10-15-12(13(16)9-14)8-7-11-5-3-2-4-6-11/h10-11H,2-9,14H2,1H3. The number of rotatable bonds is 4. The summed E-state index contributed by atoms with van der Waals surface area (Å²) < 4.78 is 2.05. The van der Waals surface area contributed by atoms with Crippen LogP contribution in [0.4, 0.5) is 0 Å². The summed E-state index contributed by atoms with van der Waals surface area (Å²) in [6.07, 6.45) is 11.4. The maximum absolute atomic E-state index is 5.74. The highest BCUT2D eigenvalue weighted by Gasteiger charge is 2.15. The van der Waals surface area contributed by atoms with Crippen LogP contribution in [0.2, 0.25) is 0 Å². The summed E-state index contributed by atoms with van der Waals surface area (Å²) in [6, 6.07) is 0. The number of hydrogen-bond acceptors (Lipinski definition) is 2. The topological polar surface area (TPSA) is 43.8 Å². The van der Waals surface area contributed by atoms with Gasteiger partial charge in [0.2, 0.25) is 0 Å². The van der Waals surface area contributed by atoms with Crippen molar-refractivity contribution in [3.05, 3.63) is 17.7 Å². The summed E-state index contributed by atoms with van der Waals surface area (Å²) in [5, 5.41) is 0. The predicted molar refractivity (Wildman–Crippen MR) is 66.0 cm³/mol. The van der Waals surface area contributed by atoms with Crippen LogP contribution in [0.15, 0.2) is 6.33 Å². The van der Waals surface area contributed by atoms with E-state index in [9.17, 15) is 0 Å². The summed E-state index contributed by atoms with van der Waals surface area (Å²) in [5.74, 6) is 0.932. The van der Waals surface area contributed by atoms with Crippen LogP contribution < -0.4 is 5.73 Å². The number of aryl methyl sites for hydroxylation is 2. The molecule has 1 saturated carbocycles. The molecular formula is C13H23N3. The molecule has 0 spiro atoms. The van der Waals surface area contributed by atoms with Crippen molar-refractivity contribution in [2.45, 2.75) is 51.5 Å². The first kappa shape index (κ1) is 11.6. The molecule has 0 atom stereocenters. The van der Waals surface area contributed by atoms with Gasteiger partial charge >= 0.3 is 0 Å². The van der Waals surface area contributed by atoms with Gasteiger partial charge in [-0.25, -0.2) is 4.98 Å². The zero-order valence-corrected chi connectivity index (χ0v) is 10.3. The number of imidazole rings is 1. The fourth-order valence-electron chi connectivity index (χ4n) is 2.79. The van der Waals surface area contributed by atoms with E-state index in [4.69, 9.17) is 5.73 Å². The largest absolute Gasteiger partial charge is 0.336 e. The van der Waals surface area contributed by atoms with Crippen LogP contribution in [0.3, 0.4) is 0 Å². The smallest absolute Gasteiger partial charge is 0.0949 e. The van der Waals surface area contributed by atoms with E-state index < -0.39 is 0 Å². The van der Waals surface area contributed by atoms with Crippen molar-refractivity contribution in [3.63, 3.8) is 0 Å². The normalized spacial score (nSPS) is 17.9. The van der Waals surface area contributed by atoms with Crippen molar-refractivity contribution >= 4 is 0 Å². The third kappa shape index (κ3) is 2.64. The van der Waals surface area contributed by atoms with Crippen LogP contribution in [0.25, 0.3) is 0 Å². The summed E-state index contributed by atoms with van der Waals surface area (Å²) >= 11 is 0. The minimum atomic E-state index is 0.608. The van der Waals surface area contributed by atoms with Gasteiger partial charge in [-0.15, -0.1) is 0 Å². The zero-order valence-electron chi connectivity index (χ0n) is 10.3. The minimum absolute atomic E-state index is 0.608. The van der Waals surface area contributed by atoms with Crippen molar-refractivity contribution in [1.29, 1.82) is 0 Å². The Bertz CT molecular complexity index is 324. The molecule has 2 N–H and O–H groups in total. The summed E-state index contributed by atoms with van der Waals surface area (Å²) in [6.45, 7) is 0.608. The van der Waals surface area contributed by atoms with Crippen molar-refractivity contribution < 1.29 is 0 Å². The first-order valence-corrected chi connectivity index (χ1v) is 6.50. The molecule has 0 saturated heterocycles. The molecular weight excluding hydrogens is 198 g/mol. The minimum Gasteiger partial charge on any atom is -0.336 e. The number of hydrogen-bond donors (Lipinski definition) is 1. The van der Waals surface area contributed by atoms with Gasteiger partial charge in [0.25, 0.3) is 0 Å². The van der Waals surface area contributed by atoms with Crippen LogP contribution in [0, 0.1) is 5.92 Å². The van der Waals surface area contributed by atoms with E-state index in [0.717, 1.165) is 12.3 Å². The van der Waals surface area contributed by atoms with Crippen molar-refractivity contribution in [2.24, 2.45) is 18.7 Å². The molecule has 0 aromatic carbocycles. The Morgan fingerprint density at radius 2 is 2.12 bits per heavy atom. The fraction of sp³-hybridized carbons (Fsp3) is 0.769. The van der Waals surface area contributed by atoms with E-state index >= 15 is 0 Å². The van der Waals surface area contributed by atoms with Gasteiger partial charge in [-0.05, 0) is 18.8 Å². The predicted octanol–water partition coefficient (Wildman–Crippen LogP) is 2.39. The Balaban J connectivity index is 1.88. The molecule has 90 valence electrons. The van der Waals surface area contributed by atoms with E-state index in [0.29, 0.717) is 6.54 Å². The highest BCUT2D eigenvalue weighted by molar-refractivity contribution is 5.12. The second-order valence-corrected chi connectivity index (χ2v) is 5.00. The average molecular weight is 221 g/mol. The van der Waals surface area contributed by atoms with Crippen LogP contribution >= 0.6 is 0 Å². The third-order valence-electron chi connectivity index (χ3n) is 3.85. The molecule has 1 fully saturated rings. The Morgan fingerprint density at radius 3 is 2.81 bits per heavy atom. The highest BCUT2D eigenvalue weighted by Crippen LogP contribution is 2.27. The van der Waals surface area contributed by atoms with Crippen LogP contribution in [0.5, 0.6) is 0 Å². The molecule has 0 radical (unpaired) electrons. The lowest BCUT2D eigenvalue weighted by atomic mass is 9.85. The van der Waals surface area contributed by atoms with E-state index in [1.165, 1.54) is 49.9 Å². The van der Waals surface area contributed by atoms with E-state index in [1.54, 1.807) is 0 Å². The number of nitrogens with two attached hydrogens (primary N) is 1. The summed E-state index contributed by atoms with van der Waals surface area (Å²) in [7, 11) is 2.03. The van der Waals surface area contributed by atoms with E-state index in [1.807, 2.05) is 13.4 Å². The van der Waals surface area contributed by atoms with Crippen LogP contribution in [0.1, 0.15) is 49.9 Å². The van der Waals surface area contributed by atoms with E-state index in [2.05, 4.69) is 9.55 Å². The lowest BCUT2D eigenvalue weighted by molar-refractivity contribution is 0.338. The lowest BCUT2D eigenvalue weighted by Crippen LogP contribution is -2.10. The highest BCUT2D eigenvalue weighted by atomic mass is 15.0. The summed E-state index contributed by atoms with van der Waals surface area (Å²) in [5.41, 5.74) is 8.17. The van der Waals surface area contributed by atoms with Crippen LogP contribution in [-0.2, 0) is 20.0 Å². The fourth-order valence-corrected chi connectivity index (χ4v) is 2.79. The molecule has 2 rings (SSSR count). The maximum atomic E-state index is 5.74. The molecule has 16 heavy (non-hydrogen) atoms. The SMILES string of the molecule is Cn1cnc(CCC2CCCCC2)c1CN. The molecule has 1 aliphatic rings. The Hall–Kier alpha value is -0.830. The Kier molecular flexibility index (Phi) is 3.99. The molecule has 1 heterocycles. The van der Waals surface area contributed by atoms with Gasteiger partial charge in [-0.3, -0.25) is 0 Å². The van der Waals surface area contributed by atoms with E-state index in [-0.39, 0.29) is 0 Å². The van der Waals surface area contributed by atoms with Crippen molar-refractivity contribution in [2.75, 3.05) is 0 Å². The third-order valence-corrected chi connectivity index (χ3v) is 3.85. The van der Waals surface area contributed by atoms with Gasteiger partial charge in [0.05, 0.1) is 17.7 Å². The molecule has 0 amide bonds. The van der Waals surface area contributed by atoms with Gasteiger partial charge in [0.1, 0.15) is 0 Å². The first-order valence-electron chi connectivity index (χ1n) is 6.50. The zero-order chi connectivity index (χ0) is 11.4. The van der Waals surface area contributed by atoms with Crippen molar-refractivity contribution in [3.8, 4) is 0 Å². The molecule has 0 aliphatic heterocycles. The number of aromatic nitrogens is 2. The molecule has 1 aromatic rings. The van der Waals surface area contributed by atoms with Gasteiger partial charge < -0.3 is 10.3 Å². The molecule has 3 nitrogen and oxygen atoms in total. The van der Waals surface area contributed by atoms with Gasteiger partial charge in [0, 0.05) is 13.6 Å². The second-order valence-electron chi connectivity index (χ2n) is 5.00. The van der Waals surface area contributed by atoms with Crippen molar-refractivity contribution in [1.82, 2.24) is 9.55 Å². The summed E-state index contributed by atoms with van der Waals surface area (Å²) in [4.78, 5) is 4.45. The lowest BCUT2D eigenvalue weighted by Gasteiger charge is -2.21. The van der Waals surface area contributed by atoms with Crippen LogP contribution in [-0.4, -0.2) is 9.55 Å². The monoisotopic (exact) mass is 221 g/mol. The molecule has 3 heteroatoms. The Labute approximate surface area is 98.1 Å². The van der Waals surface area contributed by atoms with Gasteiger partial charge in [-0.2, -0.15) is 0 Å². The second kappa shape index (κ2) is 5.48. The first-order chi connectivity index (χ1) is 7.81. The quantitative estimate of drug-likeness (QED) is 0.848. The maximum Gasteiger partial charge on any atom is 0.0949 e. The number of nitrogens with zero attached hydrogens (tertiary/aromatic N) is 2. The molecule has 0 unspecified atom stereocenters. The Morgan fingerprint density at radius 1 is 1.38 bits per heavy atom. The average Bonchev–Trinajstić information content (AvgIpc) is 2.68. The molecule has 1 aliphatic carbocycles. The van der Waals surface area contributed by atoms with Gasteiger partial charge in [-0.1, -0.05) is 32.1 Å². The molecule has 1 aromatic heterocycles. The molecule has 0 bridgehead atoms. The van der Waals surface area contributed by atoms with Gasteiger partial charge in [0.15, 0.2) is 0 Å².